The van der Waals surface area contributed by atoms with Gasteiger partial charge in [0.1, 0.15) is 6.61 Å². The van der Waals surface area contributed by atoms with E-state index in [9.17, 15) is 14.4 Å². The standard InChI is InChI=1S/C24H28N2O6/c1-24(2,12-21(27)25-20(14-31-3)22(28)29)26-23(30)32-13-19-17-10-6-4-8-15(17)16-9-5-7-11-18(16)19/h4-11,19-20H,12-14H2,1-3H3,(H,25,27)(H,26,30)(H,28,29). The zero-order valence-corrected chi connectivity index (χ0v) is 18.4. The van der Waals surface area contributed by atoms with Crippen LogP contribution in [-0.2, 0) is 19.1 Å². The highest BCUT2D eigenvalue weighted by Gasteiger charge is 2.31. The summed E-state index contributed by atoms with van der Waals surface area (Å²) in [6.45, 7) is 3.35. The van der Waals surface area contributed by atoms with E-state index in [1.807, 2.05) is 36.4 Å². The van der Waals surface area contributed by atoms with Gasteiger partial charge in [0.05, 0.1) is 6.61 Å². The van der Waals surface area contributed by atoms with Crippen LogP contribution in [0.15, 0.2) is 48.5 Å². The first-order valence-electron chi connectivity index (χ1n) is 10.4. The number of rotatable bonds is 9. The van der Waals surface area contributed by atoms with E-state index in [0.29, 0.717) is 0 Å². The molecule has 2 aromatic rings. The fourth-order valence-corrected chi connectivity index (χ4v) is 3.94. The van der Waals surface area contributed by atoms with Crippen LogP contribution in [0.3, 0.4) is 0 Å². The van der Waals surface area contributed by atoms with E-state index >= 15 is 0 Å². The van der Waals surface area contributed by atoms with Crippen molar-refractivity contribution in [2.45, 2.75) is 37.8 Å². The lowest BCUT2D eigenvalue weighted by atomic mass is 9.98. The van der Waals surface area contributed by atoms with Gasteiger partial charge in [-0.15, -0.1) is 0 Å². The molecule has 0 saturated heterocycles. The van der Waals surface area contributed by atoms with E-state index in [1.54, 1.807) is 13.8 Å². The van der Waals surface area contributed by atoms with Gasteiger partial charge in [0, 0.05) is 25.0 Å². The van der Waals surface area contributed by atoms with Crippen LogP contribution in [0.5, 0.6) is 0 Å². The number of hydrogen-bond donors (Lipinski definition) is 3. The molecule has 0 radical (unpaired) electrons. The number of carbonyl (C=O) groups is 3. The Labute approximate surface area is 186 Å². The van der Waals surface area contributed by atoms with Crippen LogP contribution in [0, 0.1) is 0 Å². The molecule has 170 valence electrons. The first kappa shape index (κ1) is 23.3. The number of carbonyl (C=O) groups excluding carboxylic acids is 2. The molecule has 1 unspecified atom stereocenters. The predicted octanol–water partition coefficient (Wildman–Crippen LogP) is 2.91. The van der Waals surface area contributed by atoms with Gasteiger partial charge < -0.3 is 25.2 Å². The molecule has 0 heterocycles. The van der Waals surface area contributed by atoms with Gasteiger partial charge in [-0.05, 0) is 36.1 Å². The molecular weight excluding hydrogens is 412 g/mol. The maximum Gasteiger partial charge on any atom is 0.407 e. The van der Waals surface area contributed by atoms with Gasteiger partial charge in [0.2, 0.25) is 5.91 Å². The van der Waals surface area contributed by atoms with Gasteiger partial charge >= 0.3 is 12.1 Å². The molecule has 3 N–H and O–H groups in total. The molecule has 0 bridgehead atoms. The summed E-state index contributed by atoms with van der Waals surface area (Å²) in [5.74, 6) is -1.77. The Morgan fingerprint density at radius 3 is 2.12 bits per heavy atom. The van der Waals surface area contributed by atoms with Crippen LogP contribution < -0.4 is 10.6 Å². The number of alkyl carbamates (subject to hydrolysis) is 1. The third-order valence-corrected chi connectivity index (χ3v) is 5.35. The first-order valence-corrected chi connectivity index (χ1v) is 10.4. The Hall–Kier alpha value is -3.39. The van der Waals surface area contributed by atoms with E-state index in [1.165, 1.54) is 7.11 Å². The third-order valence-electron chi connectivity index (χ3n) is 5.35. The summed E-state index contributed by atoms with van der Waals surface area (Å²) in [5, 5.41) is 14.2. The largest absolute Gasteiger partial charge is 0.480 e. The molecule has 3 rings (SSSR count). The van der Waals surface area contributed by atoms with E-state index in [-0.39, 0.29) is 25.6 Å². The van der Waals surface area contributed by atoms with Crippen molar-refractivity contribution in [3.8, 4) is 11.1 Å². The number of hydrogen-bond acceptors (Lipinski definition) is 5. The Kier molecular flexibility index (Phi) is 7.15. The van der Waals surface area contributed by atoms with Crippen LogP contribution in [0.1, 0.15) is 37.3 Å². The van der Waals surface area contributed by atoms with Crippen molar-refractivity contribution in [1.82, 2.24) is 10.6 Å². The van der Waals surface area contributed by atoms with Crippen molar-refractivity contribution in [3.63, 3.8) is 0 Å². The highest BCUT2D eigenvalue weighted by atomic mass is 16.5. The second-order valence-electron chi connectivity index (χ2n) is 8.42. The SMILES string of the molecule is COCC(NC(=O)CC(C)(C)NC(=O)OCC1c2ccccc2-c2ccccc21)C(=O)O. The molecule has 1 atom stereocenters. The fourth-order valence-electron chi connectivity index (χ4n) is 3.94. The number of aliphatic carboxylic acids is 1. The average Bonchev–Trinajstić information content (AvgIpc) is 3.05. The van der Waals surface area contributed by atoms with Gasteiger partial charge in [-0.3, -0.25) is 4.79 Å². The van der Waals surface area contributed by atoms with Crippen molar-refractivity contribution in [2.24, 2.45) is 0 Å². The number of benzene rings is 2. The highest BCUT2D eigenvalue weighted by molar-refractivity contribution is 5.84. The van der Waals surface area contributed by atoms with Crippen LogP contribution in [0.25, 0.3) is 11.1 Å². The van der Waals surface area contributed by atoms with Crippen molar-refractivity contribution in [3.05, 3.63) is 59.7 Å². The molecule has 0 aliphatic heterocycles. The van der Waals surface area contributed by atoms with Crippen LogP contribution in [0.4, 0.5) is 4.79 Å². The number of carboxylic acids is 1. The maximum absolute atomic E-state index is 12.5. The normalized spacial score (nSPS) is 13.6. The average molecular weight is 440 g/mol. The molecule has 0 fully saturated rings. The Morgan fingerprint density at radius 1 is 1.03 bits per heavy atom. The van der Waals surface area contributed by atoms with Crippen molar-refractivity contribution >= 4 is 18.0 Å². The number of methoxy groups -OCH3 is 1. The summed E-state index contributed by atoms with van der Waals surface area (Å²) < 4.78 is 10.3. The second-order valence-corrected chi connectivity index (χ2v) is 8.42. The number of carboxylic acid groups (broad SMARTS) is 1. The smallest absolute Gasteiger partial charge is 0.407 e. The summed E-state index contributed by atoms with van der Waals surface area (Å²) in [4.78, 5) is 35.9. The maximum atomic E-state index is 12.5. The molecular formula is C24H28N2O6. The number of amides is 2. The summed E-state index contributed by atoms with van der Waals surface area (Å²) >= 11 is 0. The van der Waals surface area contributed by atoms with Gasteiger partial charge in [0.25, 0.3) is 0 Å². The lowest BCUT2D eigenvalue weighted by Gasteiger charge is -2.26. The van der Waals surface area contributed by atoms with Crippen LogP contribution in [0.2, 0.25) is 0 Å². The van der Waals surface area contributed by atoms with E-state index in [2.05, 4.69) is 22.8 Å². The number of nitrogens with one attached hydrogen (secondary N) is 2. The zero-order valence-electron chi connectivity index (χ0n) is 18.4. The molecule has 1 aliphatic carbocycles. The molecule has 8 nitrogen and oxygen atoms in total. The minimum Gasteiger partial charge on any atom is -0.480 e. The van der Waals surface area contributed by atoms with Gasteiger partial charge in [0.15, 0.2) is 6.04 Å². The summed E-state index contributed by atoms with van der Waals surface area (Å²) in [7, 11) is 1.35. The van der Waals surface area contributed by atoms with Gasteiger partial charge in [-0.1, -0.05) is 48.5 Å². The predicted molar refractivity (Wildman–Crippen MR) is 118 cm³/mol. The van der Waals surface area contributed by atoms with Crippen molar-refractivity contribution in [2.75, 3.05) is 20.3 Å². The molecule has 2 amide bonds. The summed E-state index contributed by atoms with van der Waals surface area (Å²) in [6, 6.07) is 14.9. The zero-order chi connectivity index (χ0) is 23.3. The number of fused-ring (bicyclic) bond motifs is 3. The molecule has 32 heavy (non-hydrogen) atoms. The Bertz CT molecular complexity index is 958. The van der Waals surface area contributed by atoms with E-state index in [0.717, 1.165) is 22.3 Å². The molecule has 2 aromatic carbocycles. The first-order chi connectivity index (χ1) is 15.2. The minimum absolute atomic E-state index is 0.0649. The summed E-state index contributed by atoms with van der Waals surface area (Å²) in [5.41, 5.74) is 3.55. The minimum atomic E-state index is -1.19. The molecule has 8 heteroatoms. The molecule has 1 aliphatic rings. The van der Waals surface area contributed by atoms with Crippen LogP contribution >= 0.6 is 0 Å². The Balaban J connectivity index is 1.57. The van der Waals surface area contributed by atoms with Crippen molar-refractivity contribution in [1.29, 1.82) is 0 Å². The molecule has 0 aromatic heterocycles. The quantitative estimate of drug-likeness (QED) is 0.553. The second kappa shape index (κ2) is 9.82. The monoisotopic (exact) mass is 440 g/mol. The molecule has 0 spiro atoms. The lowest BCUT2D eigenvalue weighted by Crippen LogP contribution is -2.50. The number of ether oxygens (including phenoxy) is 2. The highest BCUT2D eigenvalue weighted by Crippen LogP contribution is 2.44. The van der Waals surface area contributed by atoms with Crippen molar-refractivity contribution < 1.29 is 29.0 Å². The third kappa shape index (κ3) is 5.45. The van der Waals surface area contributed by atoms with Crippen LogP contribution in [-0.4, -0.2) is 55.0 Å². The van der Waals surface area contributed by atoms with Gasteiger partial charge in [-0.25, -0.2) is 9.59 Å². The topological polar surface area (TPSA) is 114 Å². The Morgan fingerprint density at radius 2 is 1.59 bits per heavy atom. The molecule has 0 saturated carbocycles. The summed E-state index contributed by atoms with van der Waals surface area (Å²) in [6.07, 6.45) is -0.763. The lowest BCUT2D eigenvalue weighted by molar-refractivity contribution is -0.143. The van der Waals surface area contributed by atoms with Gasteiger partial charge in [-0.2, -0.15) is 0 Å². The van der Waals surface area contributed by atoms with E-state index < -0.39 is 29.6 Å². The fraction of sp³-hybridized carbons (Fsp3) is 0.375. The van der Waals surface area contributed by atoms with E-state index in [4.69, 9.17) is 14.6 Å².